The highest BCUT2D eigenvalue weighted by molar-refractivity contribution is 5.74. The molecule has 0 radical (unpaired) electrons. The maximum atomic E-state index is 12.3. The van der Waals surface area contributed by atoms with E-state index < -0.39 is 5.97 Å². The number of carboxylic acids is 1. The molecule has 2 atom stereocenters. The lowest BCUT2D eigenvalue weighted by atomic mass is 9.93. The summed E-state index contributed by atoms with van der Waals surface area (Å²) in [6, 6.07) is -0.195. The molecule has 1 aliphatic heterocycles. The lowest BCUT2D eigenvalue weighted by molar-refractivity contribution is -0.137. The van der Waals surface area contributed by atoms with Gasteiger partial charge in [0.05, 0.1) is 12.2 Å². The summed E-state index contributed by atoms with van der Waals surface area (Å²) >= 11 is 0. The highest BCUT2D eigenvalue weighted by atomic mass is 16.4. The Bertz CT molecular complexity index is 475. The van der Waals surface area contributed by atoms with Crippen LogP contribution in [0.4, 0.5) is 4.79 Å². The zero-order valence-electron chi connectivity index (χ0n) is 12.2. The molecule has 1 fully saturated rings. The van der Waals surface area contributed by atoms with Gasteiger partial charge in [0.15, 0.2) is 0 Å². The van der Waals surface area contributed by atoms with Gasteiger partial charge in [0.2, 0.25) is 0 Å². The Hall–Kier alpha value is -2.05. The summed E-state index contributed by atoms with van der Waals surface area (Å²) in [5.74, 6) is -0.491. The van der Waals surface area contributed by atoms with E-state index in [9.17, 15) is 9.59 Å². The number of aromatic amines is 1. The average molecular weight is 294 g/mol. The van der Waals surface area contributed by atoms with Crippen molar-refractivity contribution in [2.45, 2.75) is 38.6 Å². The maximum absolute atomic E-state index is 12.3. The fourth-order valence-electron chi connectivity index (χ4n) is 2.67. The van der Waals surface area contributed by atoms with E-state index in [1.807, 2.05) is 6.92 Å². The zero-order valence-corrected chi connectivity index (χ0v) is 12.2. The smallest absolute Gasteiger partial charge is 0.317 e. The van der Waals surface area contributed by atoms with Gasteiger partial charge < -0.3 is 15.3 Å². The van der Waals surface area contributed by atoms with Crippen molar-refractivity contribution >= 4 is 12.0 Å². The predicted octanol–water partition coefficient (Wildman–Crippen LogP) is 1.76. The molecule has 7 heteroatoms. The fourth-order valence-corrected chi connectivity index (χ4v) is 2.67. The van der Waals surface area contributed by atoms with Crippen molar-refractivity contribution in [1.29, 1.82) is 0 Å². The second kappa shape index (κ2) is 7.10. The van der Waals surface area contributed by atoms with Gasteiger partial charge in [-0.3, -0.25) is 9.89 Å². The normalized spacial score (nSPS) is 20.0. The number of aromatic nitrogens is 2. The van der Waals surface area contributed by atoms with Crippen molar-refractivity contribution in [2.75, 3.05) is 13.1 Å². The van der Waals surface area contributed by atoms with Crippen LogP contribution in [0, 0.1) is 5.92 Å². The SMILES string of the molecule is CC(NC(=O)N1CCCC(CCC(=O)O)C1)c1cn[nH]c1. The van der Waals surface area contributed by atoms with Crippen molar-refractivity contribution < 1.29 is 14.7 Å². The van der Waals surface area contributed by atoms with Crippen LogP contribution in [-0.4, -0.2) is 45.3 Å². The van der Waals surface area contributed by atoms with Gasteiger partial charge in [-0.2, -0.15) is 5.10 Å². The maximum Gasteiger partial charge on any atom is 0.317 e. The van der Waals surface area contributed by atoms with Crippen molar-refractivity contribution in [1.82, 2.24) is 20.4 Å². The molecule has 0 spiro atoms. The number of carbonyl (C=O) groups is 2. The molecule has 7 nitrogen and oxygen atoms in total. The van der Waals surface area contributed by atoms with Crippen molar-refractivity contribution in [3.8, 4) is 0 Å². The molecule has 2 heterocycles. The molecule has 1 saturated heterocycles. The molecule has 2 rings (SSSR count). The minimum atomic E-state index is -0.773. The molecule has 2 amide bonds. The van der Waals surface area contributed by atoms with Crippen LogP contribution >= 0.6 is 0 Å². The Balaban J connectivity index is 1.82. The molecule has 3 N–H and O–H groups in total. The first-order chi connectivity index (χ1) is 10.1. The summed E-state index contributed by atoms with van der Waals surface area (Å²) < 4.78 is 0. The lowest BCUT2D eigenvalue weighted by Gasteiger charge is -2.33. The third kappa shape index (κ3) is 4.47. The first-order valence-corrected chi connectivity index (χ1v) is 7.32. The Labute approximate surface area is 123 Å². The largest absolute Gasteiger partial charge is 0.481 e. The number of nitrogens with zero attached hydrogens (tertiary/aromatic N) is 2. The molecule has 1 aromatic rings. The Morgan fingerprint density at radius 2 is 2.43 bits per heavy atom. The Morgan fingerprint density at radius 3 is 3.10 bits per heavy atom. The summed E-state index contributed by atoms with van der Waals surface area (Å²) in [5, 5.41) is 18.3. The topological polar surface area (TPSA) is 98.3 Å². The highest BCUT2D eigenvalue weighted by Crippen LogP contribution is 2.21. The molecule has 0 aliphatic carbocycles. The molecular weight excluding hydrogens is 272 g/mol. The van der Waals surface area contributed by atoms with Crippen LogP contribution < -0.4 is 5.32 Å². The summed E-state index contributed by atoms with van der Waals surface area (Å²) in [7, 11) is 0. The standard InChI is InChI=1S/C14H22N4O3/c1-10(12-7-15-16-8-12)17-14(21)18-6-2-3-11(9-18)4-5-13(19)20/h7-8,10-11H,2-6,9H2,1H3,(H,15,16)(H,17,21)(H,19,20). The van der Waals surface area contributed by atoms with Gasteiger partial charge in [-0.05, 0) is 32.1 Å². The molecule has 1 aromatic heterocycles. The number of hydrogen-bond acceptors (Lipinski definition) is 3. The van der Waals surface area contributed by atoms with Gasteiger partial charge in [-0.25, -0.2) is 4.79 Å². The minimum Gasteiger partial charge on any atom is -0.481 e. The van der Waals surface area contributed by atoms with E-state index >= 15 is 0 Å². The second-order valence-electron chi connectivity index (χ2n) is 5.59. The molecule has 0 aromatic carbocycles. The molecule has 1 aliphatic rings. The van der Waals surface area contributed by atoms with Gasteiger partial charge in [-0.1, -0.05) is 0 Å². The number of nitrogens with one attached hydrogen (secondary N) is 2. The van der Waals surface area contributed by atoms with Crippen molar-refractivity contribution in [3.63, 3.8) is 0 Å². The molecule has 0 saturated carbocycles. The Kier molecular flexibility index (Phi) is 5.19. The number of carboxylic acid groups (broad SMARTS) is 1. The highest BCUT2D eigenvalue weighted by Gasteiger charge is 2.25. The fraction of sp³-hybridized carbons (Fsp3) is 0.643. The van der Waals surface area contributed by atoms with Crippen LogP contribution in [-0.2, 0) is 4.79 Å². The van der Waals surface area contributed by atoms with Crippen molar-refractivity contribution in [2.24, 2.45) is 5.92 Å². The summed E-state index contributed by atoms with van der Waals surface area (Å²) in [6.07, 6.45) is 6.18. The molecular formula is C14H22N4O3. The van der Waals surface area contributed by atoms with Gasteiger partial charge in [0.25, 0.3) is 0 Å². The number of carbonyl (C=O) groups excluding carboxylic acids is 1. The summed E-state index contributed by atoms with van der Waals surface area (Å²) in [6.45, 7) is 3.28. The number of aliphatic carboxylic acids is 1. The quantitative estimate of drug-likeness (QED) is 0.770. The molecule has 21 heavy (non-hydrogen) atoms. The zero-order chi connectivity index (χ0) is 15.2. The first-order valence-electron chi connectivity index (χ1n) is 7.32. The number of hydrogen-bond donors (Lipinski definition) is 3. The van der Waals surface area contributed by atoms with E-state index in [1.165, 1.54) is 0 Å². The van der Waals surface area contributed by atoms with Crippen LogP contribution in [0.15, 0.2) is 12.4 Å². The number of rotatable bonds is 5. The van der Waals surface area contributed by atoms with Gasteiger partial charge in [0, 0.05) is 31.3 Å². The number of amides is 2. The average Bonchev–Trinajstić information content (AvgIpc) is 2.99. The van der Waals surface area contributed by atoms with E-state index in [0.29, 0.717) is 13.0 Å². The molecule has 116 valence electrons. The first kappa shape index (κ1) is 15.3. The van der Waals surface area contributed by atoms with Crippen LogP contribution in [0.25, 0.3) is 0 Å². The molecule has 2 unspecified atom stereocenters. The molecule has 0 bridgehead atoms. The van der Waals surface area contributed by atoms with Crippen LogP contribution in [0.3, 0.4) is 0 Å². The number of piperidine rings is 1. The number of H-pyrrole nitrogens is 1. The Morgan fingerprint density at radius 1 is 1.62 bits per heavy atom. The van der Waals surface area contributed by atoms with E-state index in [2.05, 4.69) is 15.5 Å². The van der Waals surface area contributed by atoms with Gasteiger partial charge >= 0.3 is 12.0 Å². The van der Waals surface area contributed by atoms with E-state index in [-0.39, 0.29) is 24.4 Å². The van der Waals surface area contributed by atoms with Gasteiger partial charge in [-0.15, -0.1) is 0 Å². The van der Waals surface area contributed by atoms with Crippen molar-refractivity contribution in [3.05, 3.63) is 18.0 Å². The third-order valence-corrected chi connectivity index (χ3v) is 3.93. The summed E-state index contributed by atoms with van der Waals surface area (Å²) in [5.41, 5.74) is 0.933. The third-order valence-electron chi connectivity index (χ3n) is 3.93. The predicted molar refractivity (Wildman–Crippen MR) is 76.7 cm³/mol. The van der Waals surface area contributed by atoms with Crippen LogP contribution in [0.2, 0.25) is 0 Å². The monoisotopic (exact) mass is 294 g/mol. The lowest BCUT2D eigenvalue weighted by Crippen LogP contribution is -2.46. The van der Waals surface area contributed by atoms with E-state index in [4.69, 9.17) is 5.11 Å². The van der Waals surface area contributed by atoms with Crippen LogP contribution in [0.1, 0.15) is 44.2 Å². The van der Waals surface area contributed by atoms with E-state index in [0.717, 1.165) is 24.9 Å². The minimum absolute atomic E-state index is 0.0938. The number of likely N-dealkylation sites (tertiary alicyclic amines) is 1. The van der Waals surface area contributed by atoms with Gasteiger partial charge in [0.1, 0.15) is 0 Å². The van der Waals surface area contributed by atoms with Crippen LogP contribution in [0.5, 0.6) is 0 Å². The number of urea groups is 1. The summed E-state index contributed by atoms with van der Waals surface area (Å²) in [4.78, 5) is 24.7. The second-order valence-corrected chi connectivity index (χ2v) is 5.59. The van der Waals surface area contributed by atoms with E-state index in [1.54, 1.807) is 17.3 Å².